The summed E-state index contributed by atoms with van der Waals surface area (Å²) in [5.74, 6) is 0. The Balaban J connectivity index is 3.12. The van der Waals surface area contributed by atoms with E-state index in [9.17, 15) is 8.42 Å². The molecule has 1 aromatic carbocycles. The molecular formula is C15H21ClN2O2S. The van der Waals surface area contributed by atoms with E-state index in [0.717, 1.165) is 25.7 Å². The van der Waals surface area contributed by atoms with Crippen LogP contribution in [-0.2, 0) is 10.0 Å². The molecule has 0 saturated carbocycles. The Morgan fingerprint density at radius 3 is 2.19 bits per heavy atom. The van der Waals surface area contributed by atoms with Crippen LogP contribution in [0.2, 0.25) is 5.02 Å². The third-order valence-corrected chi connectivity index (χ3v) is 5.58. The van der Waals surface area contributed by atoms with Crippen LogP contribution >= 0.6 is 11.6 Å². The van der Waals surface area contributed by atoms with Crippen LogP contribution in [0, 0.1) is 11.3 Å². The van der Waals surface area contributed by atoms with Crippen molar-refractivity contribution in [2.75, 3.05) is 13.1 Å². The number of nitriles is 1. The molecule has 0 amide bonds. The monoisotopic (exact) mass is 328 g/mol. The summed E-state index contributed by atoms with van der Waals surface area (Å²) in [5.41, 5.74) is 0.354. The maximum absolute atomic E-state index is 12.7. The summed E-state index contributed by atoms with van der Waals surface area (Å²) in [4.78, 5) is 0.0790. The number of halogens is 1. The smallest absolute Gasteiger partial charge is 0.207 e. The normalized spacial score (nSPS) is 11.6. The molecule has 0 atom stereocenters. The zero-order chi connectivity index (χ0) is 15.9. The van der Waals surface area contributed by atoms with Crippen molar-refractivity contribution in [2.24, 2.45) is 0 Å². The molecule has 0 saturated heterocycles. The van der Waals surface area contributed by atoms with Crippen molar-refractivity contribution in [1.29, 1.82) is 5.26 Å². The van der Waals surface area contributed by atoms with E-state index in [-0.39, 0.29) is 9.92 Å². The zero-order valence-electron chi connectivity index (χ0n) is 12.5. The predicted molar refractivity (Wildman–Crippen MR) is 84.7 cm³/mol. The highest BCUT2D eigenvalue weighted by Crippen LogP contribution is 2.26. The van der Waals surface area contributed by atoms with Crippen molar-refractivity contribution in [3.63, 3.8) is 0 Å². The third-order valence-electron chi connectivity index (χ3n) is 3.20. The second-order valence-electron chi connectivity index (χ2n) is 4.87. The second kappa shape index (κ2) is 8.38. The number of nitrogens with zero attached hydrogens (tertiary/aromatic N) is 2. The highest BCUT2D eigenvalue weighted by atomic mass is 35.5. The maximum atomic E-state index is 12.7. The van der Waals surface area contributed by atoms with Crippen LogP contribution in [-0.4, -0.2) is 25.8 Å². The fraction of sp³-hybridized carbons (Fsp3) is 0.533. The molecule has 0 aromatic heterocycles. The van der Waals surface area contributed by atoms with Crippen molar-refractivity contribution in [3.8, 4) is 6.07 Å². The van der Waals surface area contributed by atoms with Crippen molar-refractivity contribution in [2.45, 2.75) is 44.4 Å². The van der Waals surface area contributed by atoms with Crippen LogP contribution in [0.3, 0.4) is 0 Å². The first-order valence-corrected chi connectivity index (χ1v) is 8.99. The standard InChI is InChI=1S/C15H21ClN2O2S/c1-3-5-9-18(10-6-4-2)21(19,20)15-8-7-13(12-17)11-14(15)16/h7-8,11H,3-6,9-10H2,1-2H3. The molecule has 0 unspecified atom stereocenters. The van der Waals surface area contributed by atoms with E-state index in [1.807, 2.05) is 19.9 Å². The molecule has 116 valence electrons. The Labute approximate surface area is 132 Å². The SMILES string of the molecule is CCCCN(CCCC)S(=O)(=O)c1ccc(C#N)cc1Cl. The van der Waals surface area contributed by atoms with E-state index < -0.39 is 10.0 Å². The van der Waals surface area contributed by atoms with Crippen LogP contribution in [0.15, 0.2) is 23.1 Å². The van der Waals surface area contributed by atoms with Crippen molar-refractivity contribution >= 4 is 21.6 Å². The number of sulfonamides is 1. The van der Waals surface area contributed by atoms with Gasteiger partial charge in [-0.2, -0.15) is 9.57 Å². The molecule has 4 nitrogen and oxygen atoms in total. The van der Waals surface area contributed by atoms with E-state index in [1.54, 1.807) is 0 Å². The molecule has 0 aliphatic rings. The molecule has 0 N–H and O–H groups in total. The molecule has 21 heavy (non-hydrogen) atoms. The summed E-state index contributed by atoms with van der Waals surface area (Å²) < 4.78 is 26.9. The van der Waals surface area contributed by atoms with Crippen LogP contribution in [0.1, 0.15) is 45.1 Å². The molecular weight excluding hydrogens is 308 g/mol. The summed E-state index contributed by atoms with van der Waals surface area (Å²) in [6, 6.07) is 6.25. The predicted octanol–water partition coefficient (Wildman–Crippen LogP) is 3.80. The summed E-state index contributed by atoms with van der Waals surface area (Å²) in [6.45, 7) is 5.04. The first-order valence-electron chi connectivity index (χ1n) is 7.17. The topological polar surface area (TPSA) is 61.2 Å². The number of hydrogen-bond donors (Lipinski definition) is 0. The van der Waals surface area contributed by atoms with Gasteiger partial charge in [-0.3, -0.25) is 0 Å². The lowest BCUT2D eigenvalue weighted by molar-refractivity contribution is 0.395. The zero-order valence-corrected chi connectivity index (χ0v) is 14.0. The van der Waals surface area contributed by atoms with Gasteiger partial charge in [0.2, 0.25) is 10.0 Å². The summed E-state index contributed by atoms with van der Waals surface area (Å²) in [5, 5.41) is 8.93. The van der Waals surface area contributed by atoms with Gasteiger partial charge in [-0.05, 0) is 31.0 Å². The minimum Gasteiger partial charge on any atom is -0.207 e. The lowest BCUT2D eigenvalue weighted by Gasteiger charge is -2.22. The quantitative estimate of drug-likeness (QED) is 0.729. The van der Waals surface area contributed by atoms with Crippen molar-refractivity contribution in [3.05, 3.63) is 28.8 Å². The molecule has 0 spiro atoms. The van der Waals surface area contributed by atoms with Gasteiger partial charge in [0.25, 0.3) is 0 Å². The fourth-order valence-electron chi connectivity index (χ4n) is 1.94. The van der Waals surface area contributed by atoms with Crippen molar-refractivity contribution < 1.29 is 8.42 Å². The molecule has 0 bridgehead atoms. The molecule has 0 radical (unpaired) electrons. The molecule has 1 rings (SSSR count). The number of unbranched alkanes of at least 4 members (excludes halogenated alkanes) is 2. The van der Waals surface area contributed by atoms with E-state index in [2.05, 4.69) is 0 Å². The van der Waals surface area contributed by atoms with E-state index >= 15 is 0 Å². The van der Waals surface area contributed by atoms with E-state index in [1.165, 1.54) is 22.5 Å². The Kier molecular flexibility index (Phi) is 7.16. The summed E-state index contributed by atoms with van der Waals surface area (Å²) >= 11 is 6.05. The lowest BCUT2D eigenvalue weighted by Crippen LogP contribution is -2.33. The number of hydrogen-bond acceptors (Lipinski definition) is 3. The molecule has 0 aliphatic heterocycles. The van der Waals surface area contributed by atoms with Gasteiger partial charge in [-0.1, -0.05) is 38.3 Å². The van der Waals surface area contributed by atoms with Crippen LogP contribution in [0.4, 0.5) is 0 Å². The second-order valence-corrected chi connectivity index (χ2v) is 7.18. The minimum atomic E-state index is -3.61. The Morgan fingerprint density at radius 2 is 1.76 bits per heavy atom. The number of rotatable bonds is 8. The highest BCUT2D eigenvalue weighted by Gasteiger charge is 2.26. The Morgan fingerprint density at radius 1 is 1.19 bits per heavy atom. The molecule has 6 heteroatoms. The van der Waals surface area contributed by atoms with Gasteiger partial charge in [0, 0.05) is 13.1 Å². The van der Waals surface area contributed by atoms with Crippen molar-refractivity contribution in [1.82, 2.24) is 4.31 Å². The largest absolute Gasteiger partial charge is 0.244 e. The summed E-state index contributed by atoms with van der Waals surface area (Å²) in [7, 11) is -3.61. The number of benzene rings is 1. The van der Waals surface area contributed by atoms with E-state index in [0.29, 0.717) is 18.7 Å². The maximum Gasteiger partial charge on any atom is 0.244 e. The van der Waals surface area contributed by atoms with E-state index in [4.69, 9.17) is 16.9 Å². The van der Waals surface area contributed by atoms with Crippen LogP contribution in [0.5, 0.6) is 0 Å². The van der Waals surface area contributed by atoms with Gasteiger partial charge in [-0.25, -0.2) is 8.42 Å². The molecule has 0 heterocycles. The third kappa shape index (κ3) is 4.70. The summed E-state index contributed by atoms with van der Waals surface area (Å²) in [6.07, 6.45) is 3.49. The average molecular weight is 329 g/mol. The Hall–Kier alpha value is -1.09. The highest BCUT2D eigenvalue weighted by molar-refractivity contribution is 7.89. The minimum absolute atomic E-state index is 0.0790. The van der Waals surface area contributed by atoms with Crippen LogP contribution in [0.25, 0.3) is 0 Å². The van der Waals surface area contributed by atoms with Gasteiger partial charge in [-0.15, -0.1) is 0 Å². The molecule has 1 aromatic rings. The first-order chi connectivity index (χ1) is 9.97. The van der Waals surface area contributed by atoms with Gasteiger partial charge < -0.3 is 0 Å². The van der Waals surface area contributed by atoms with Gasteiger partial charge in [0.1, 0.15) is 4.90 Å². The Bertz CT molecular complexity index is 601. The lowest BCUT2D eigenvalue weighted by atomic mass is 10.2. The van der Waals surface area contributed by atoms with Crippen LogP contribution < -0.4 is 0 Å². The molecule has 0 aliphatic carbocycles. The fourth-order valence-corrected chi connectivity index (χ4v) is 3.98. The van der Waals surface area contributed by atoms with Gasteiger partial charge in [0.15, 0.2) is 0 Å². The van der Waals surface area contributed by atoms with Gasteiger partial charge >= 0.3 is 0 Å². The van der Waals surface area contributed by atoms with Gasteiger partial charge in [0.05, 0.1) is 16.7 Å². The average Bonchev–Trinajstić information content (AvgIpc) is 2.46. The molecule has 0 fully saturated rings. The first kappa shape index (κ1) is 18.0.